The molecule has 0 bridgehead atoms. The zero-order valence-corrected chi connectivity index (χ0v) is 28.4. The maximum atomic E-state index is 14.0. The van der Waals surface area contributed by atoms with E-state index < -0.39 is 77.6 Å². The summed E-state index contributed by atoms with van der Waals surface area (Å²) >= 11 is 0. The number of fused-ring (bicyclic) bond motifs is 1. The Hall–Kier alpha value is -5.03. The number of likely N-dealkylation sites (tertiary alicyclic amines) is 2. The van der Waals surface area contributed by atoms with Gasteiger partial charge in [-0.3, -0.25) is 33.6 Å². The number of para-hydroxylation sites is 1. The Kier molecular flexibility index (Phi) is 12.5. The number of aromatic amines is 1. The van der Waals surface area contributed by atoms with Crippen LogP contribution >= 0.6 is 0 Å². The lowest BCUT2D eigenvalue weighted by Crippen LogP contribution is -2.60. The van der Waals surface area contributed by atoms with Crippen LogP contribution in [0.3, 0.4) is 0 Å². The van der Waals surface area contributed by atoms with Gasteiger partial charge in [0.1, 0.15) is 30.2 Å². The van der Waals surface area contributed by atoms with Gasteiger partial charge in [0, 0.05) is 42.3 Å². The first-order valence-corrected chi connectivity index (χ1v) is 16.8. The summed E-state index contributed by atoms with van der Waals surface area (Å²) in [4.78, 5) is 96.7. The van der Waals surface area contributed by atoms with Crippen molar-refractivity contribution in [1.29, 1.82) is 0 Å². The Morgan fingerprint density at radius 1 is 0.860 bits per heavy atom. The Morgan fingerprint density at radius 2 is 1.46 bits per heavy atom. The summed E-state index contributed by atoms with van der Waals surface area (Å²) in [7, 11) is 0. The maximum Gasteiger partial charge on any atom is 0.245 e. The van der Waals surface area contributed by atoms with Crippen LogP contribution in [0.5, 0.6) is 0 Å². The number of carbonyl (C=O) groups is 7. The molecule has 2 aliphatic rings. The Bertz CT molecular complexity index is 1610. The van der Waals surface area contributed by atoms with E-state index in [2.05, 4.69) is 20.9 Å². The smallest absolute Gasteiger partial charge is 0.245 e. The van der Waals surface area contributed by atoms with Crippen molar-refractivity contribution in [2.75, 3.05) is 19.6 Å². The van der Waals surface area contributed by atoms with E-state index in [1.165, 1.54) is 9.80 Å². The molecular formula is C33H48N10O7. The second-order valence-electron chi connectivity index (χ2n) is 13.3. The molecule has 1 aromatic carbocycles. The summed E-state index contributed by atoms with van der Waals surface area (Å²) in [6.45, 7) is 3.92. The highest BCUT2D eigenvalue weighted by atomic mass is 16.2. The van der Waals surface area contributed by atoms with Gasteiger partial charge in [0.15, 0.2) is 0 Å². The van der Waals surface area contributed by atoms with Crippen molar-refractivity contribution in [3.8, 4) is 0 Å². The lowest BCUT2D eigenvalue weighted by Gasteiger charge is -2.31. The van der Waals surface area contributed by atoms with Crippen LogP contribution in [0.1, 0.15) is 64.0 Å². The molecule has 3 heterocycles. The van der Waals surface area contributed by atoms with Crippen molar-refractivity contribution in [2.45, 2.75) is 88.6 Å². The van der Waals surface area contributed by atoms with E-state index in [0.29, 0.717) is 31.2 Å². The molecule has 0 aliphatic carbocycles. The van der Waals surface area contributed by atoms with E-state index in [9.17, 15) is 33.6 Å². The van der Waals surface area contributed by atoms with Gasteiger partial charge in [0.2, 0.25) is 41.4 Å². The molecular weight excluding hydrogens is 648 g/mol. The molecule has 0 radical (unpaired) electrons. The largest absolute Gasteiger partial charge is 0.370 e. The minimum absolute atomic E-state index is 0.0474. The highest BCUT2D eigenvalue weighted by Crippen LogP contribution is 2.26. The van der Waals surface area contributed by atoms with E-state index in [4.69, 9.17) is 22.9 Å². The minimum atomic E-state index is -1.24. The number of aromatic nitrogens is 1. The number of carbonyl (C=O) groups excluding carboxylic acids is 7. The van der Waals surface area contributed by atoms with Crippen LogP contribution in [-0.2, 0) is 33.6 Å². The molecule has 17 heteroatoms. The number of nitrogens with one attached hydrogen (secondary N) is 4. The molecule has 2 aromatic rings. The molecule has 0 saturated carbocycles. The van der Waals surface area contributed by atoms with E-state index in [1.54, 1.807) is 18.3 Å². The fourth-order valence-electron chi connectivity index (χ4n) is 6.66. The molecule has 2 aliphatic heterocycles. The van der Waals surface area contributed by atoms with Crippen molar-refractivity contribution in [1.82, 2.24) is 30.7 Å². The molecule has 272 valence electrons. The molecule has 6 atom stereocenters. The molecule has 2 saturated heterocycles. The third-order valence-corrected chi connectivity index (χ3v) is 9.11. The van der Waals surface area contributed by atoms with Crippen molar-refractivity contribution < 1.29 is 33.6 Å². The summed E-state index contributed by atoms with van der Waals surface area (Å²) in [5.41, 5.74) is 23.8. The highest BCUT2D eigenvalue weighted by molar-refractivity contribution is 5.98. The Balaban J connectivity index is 1.44. The van der Waals surface area contributed by atoms with Gasteiger partial charge in [-0.25, -0.2) is 0 Å². The normalized spacial score (nSPS) is 19.9. The molecule has 4 rings (SSSR count). The average molecular weight is 697 g/mol. The number of hydrogen-bond acceptors (Lipinski definition) is 9. The zero-order valence-electron chi connectivity index (χ0n) is 28.4. The quantitative estimate of drug-likeness (QED) is 0.102. The Labute approximate surface area is 289 Å². The lowest BCUT2D eigenvalue weighted by molar-refractivity contribution is -0.143. The van der Waals surface area contributed by atoms with E-state index >= 15 is 0 Å². The molecule has 1 unspecified atom stereocenters. The second kappa shape index (κ2) is 16.6. The maximum absolute atomic E-state index is 14.0. The van der Waals surface area contributed by atoms with Crippen LogP contribution in [0.25, 0.3) is 10.9 Å². The van der Waals surface area contributed by atoms with Crippen molar-refractivity contribution in [3.05, 3.63) is 36.0 Å². The van der Waals surface area contributed by atoms with Crippen molar-refractivity contribution in [3.63, 3.8) is 0 Å². The number of H-pyrrole nitrogens is 1. The molecule has 1 aromatic heterocycles. The van der Waals surface area contributed by atoms with Crippen molar-refractivity contribution in [2.24, 2.45) is 28.9 Å². The SMILES string of the molecule is CC(C)C[C@H](NC(=O)[C@H](CN)NC(=O)[C@@H]1CCCN1C(=O)[C@@H](N)CC(N)=O)C(=O)N1CCC[C@H]1C(=O)NC(C(N)=O)c1c[nH]c2ccccc12. The summed E-state index contributed by atoms with van der Waals surface area (Å²) in [5.74, 6) is -4.57. The first-order chi connectivity index (χ1) is 23.7. The minimum Gasteiger partial charge on any atom is -0.370 e. The van der Waals surface area contributed by atoms with Crippen LogP contribution in [0.4, 0.5) is 0 Å². The number of benzene rings is 1. The lowest BCUT2D eigenvalue weighted by atomic mass is 10.0. The van der Waals surface area contributed by atoms with Crippen LogP contribution in [0.15, 0.2) is 30.5 Å². The number of rotatable bonds is 15. The van der Waals surface area contributed by atoms with Crippen LogP contribution < -0.4 is 38.9 Å². The second-order valence-corrected chi connectivity index (χ2v) is 13.3. The third-order valence-electron chi connectivity index (χ3n) is 9.11. The monoisotopic (exact) mass is 696 g/mol. The molecule has 0 spiro atoms. The van der Waals surface area contributed by atoms with Gasteiger partial charge in [-0.15, -0.1) is 0 Å². The van der Waals surface area contributed by atoms with Gasteiger partial charge in [0.05, 0.1) is 12.5 Å². The third kappa shape index (κ3) is 8.76. The number of nitrogens with two attached hydrogens (primary N) is 4. The first-order valence-electron chi connectivity index (χ1n) is 16.8. The van der Waals surface area contributed by atoms with Crippen LogP contribution in [-0.4, -0.2) is 106 Å². The molecule has 12 N–H and O–H groups in total. The molecule has 7 amide bonds. The molecule has 17 nitrogen and oxygen atoms in total. The van der Waals surface area contributed by atoms with Crippen molar-refractivity contribution >= 4 is 52.3 Å². The topological polar surface area (TPSA) is 282 Å². The molecule has 50 heavy (non-hydrogen) atoms. The average Bonchev–Trinajstić information content (AvgIpc) is 3.84. The predicted octanol–water partition coefficient (Wildman–Crippen LogP) is -2.03. The Morgan fingerprint density at radius 3 is 2.04 bits per heavy atom. The van der Waals surface area contributed by atoms with Gasteiger partial charge < -0.3 is 53.7 Å². The number of amides is 7. The van der Waals surface area contributed by atoms with Gasteiger partial charge in [-0.1, -0.05) is 32.0 Å². The summed E-state index contributed by atoms with van der Waals surface area (Å²) < 4.78 is 0. The van der Waals surface area contributed by atoms with Crippen LogP contribution in [0, 0.1) is 5.92 Å². The van der Waals surface area contributed by atoms with E-state index in [0.717, 1.165) is 10.9 Å². The van der Waals surface area contributed by atoms with Crippen LogP contribution in [0.2, 0.25) is 0 Å². The highest BCUT2D eigenvalue weighted by Gasteiger charge is 2.41. The van der Waals surface area contributed by atoms with Gasteiger partial charge in [0.25, 0.3) is 0 Å². The predicted molar refractivity (Wildman–Crippen MR) is 182 cm³/mol. The summed E-state index contributed by atoms with van der Waals surface area (Å²) in [6.07, 6.45) is 3.12. The van der Waals surface area contributed by atoms with E-state index in [-0.39, 0.29) is 38.4 Å². The standard InChI is InChI=1S/C33H48N10O7/c1-17(2)13-22(39-29(46)23(15-34)40-30(47)24-9-5-11-42(24)32(49)20(35)14-26(36)44)33(50)43-12-6-10-25(43)31(48)41-27(28(37)45)19-16-38-21-8-4-3-7-18(19)21/h3-4,7-8,16-17,20,22-25,27,38H,5-6,9-15,34-35H2,1-2H3,(H2,36,44)(H2,37,45)(H,39,46)(H,40,47)(H,41,48)/t20-,22-,23-,24-,25-,27?/m0/s1. The fraction of sp³-hybridized carbons (Fsp3) is 0.545. The molecule has 2 fully saturated rings. The van der Waals surface area contributed by atoms with Gasteiger partial charge in [-0.05, 0) is 44.1 Å². The zero-order chi connectivity index (χ0) is 36.7. The van der Waals surface area contributed by atoms with Gasteiger partial charge >= 0.3 is 0 Å². The first kappa shape index (κ1) is 37.8. The number of primary amides is 2. The summed E-state index contributed by atoms with van der Waals surface area (Å²) in [6, 6.07) is 0.751. The number of nitrogens with zero attached hydrogens (tertiary/aromatic N) is 2. The fourth-order valence-corrected chi connectivity index (χ4v) is 6.66. The number of hydrogen-bond donors (Lipinski definition) is 8. The summed E-state index contributed by atoms with van der Waals surface area (Å²) in [5, 5.41) is 8.75. The van der Waals surface area contributed by atoms with E-state index in [1.807, 2.05) is 26.0 Å². The van der Waals surface area contributed by atoms with Gasteiger partial charge in [-0.2, -0.15) is 0 Å².